The minimum absolute atomic E-state index is 0.0132. The van der Waals surface area contributed by atoms with E-state index in [1.165, 1.54) is 4.90 Å². The number of hydrogen-bond donors (Lipinski definition) is 1. The Morgan fingerprint density at radius 1 is 1.20 bits per heavy atom. The number of hydrogen-bond acceptors (Lipinski definition) is 3. The van der Waals surface area contributed by atoms with E-state index in [0.717, 1.165) is 31.5 Å². The summed E-state index contributed by atoms with van der Waals surface area (Å²) in [6.07, 6.45) is 2.19. The number of imide groups is 1. The summed E-state index contributed by atoms with van der Waals surface area (Å²) in [5.41, 5.74) is 0.652. The van der Waals surface area contributed by atoms with E-state index >= 15 is 0 Å². The molecule has 2 fully saturated rings. The highest BCUT2D eigenvalue weighted by molar-refractivity contribution is 6.07. The van der Waals surface area contributed by atoms with Gasteiger partial charge in [-0.15, -0.1) is 0 Å². The fourth-order valence-electron chi connectivity index (χ4n) is 3.62. The first-order chi connectivity index (χ1) is 9.65. The van der Waals surface area contributed by atoms with Crippen molar-refractivity contribution in [3.63, 3.8) is 0 Å². The van der Waals surface area contributed by atoms with Crippen molar-refractivity contribution >= 4 is 11.8 Å². The third-order valence-corrected chi connectivity index (χ3v) is 4.80. The molecule has 20 heavy (non-hydrogen) atoms. The molecular formula is C16H20N2O2. The Morgan fingerprint density at radius 2 is 1.85 bits per heavy atom. The van der Waals surface area contributed by atoms with Gasteiger partial charge in [0.05, 0.1) is 11.3 Å². The molecule has 4 nitrogen and oxygen atoms in total. The molecular weight excluding hydrogens is 252 g/mol. The van der Waals surface area contributed by atoms with Gasteiger partial charge in [0.2, 0.25) is 11.8 Å². The van der Waals surface area contributed by atoms with Crippen LogP contribution >= 0.6 is 0 Å². The molecule has 4 heteroatoms. The first kappa shape index (κ1) is 13.3. The van der Waals surface area contributed by atoms with Crippen LogP contribution in [0.1, 0.15) is 18.4 Å². The Bertz CT molecular complexity index is 521. The summed E-state index contributed by atoms with van der Waals surface area (Å²) in [7, 11) is 1.62. The molecule has 2 aliphatic rings. The predicted molar refractivity (Wildman–Crippen MR) is 75.9 cm³/mol. The van der Waals surface area contributed by atoms with E-state index in [4.69, 9.17) is 0 Å². The lowest BCUT2D eigenvalue weighted by molar-refractivity contribution is -0.140. The minimum atomic E-state index is -0.479. The molecule has 1 atom stereocenters. The van der Waals surface area contributed by atoms with Crippen LogP contribution in [-0.4, -0.2) is 36.9 Å². The van der Waals surface area contributed by atoms with Crippen molar-refractivity contribution in [2.75, 3.05) is 20.1 Å². The monoisotopic (exact) mass is 272 g/mol. The second kappa shape index (κ2) is 5.02. The summed E-state index contributed by atoms with van der Waals surface area (Å²) in [6.45, 7) is 1.64. The van der Waals surface area contributed by atoms with E-state index in [0.29, 0.717) is 6.42 Å². The number of nitrogens with one attached hydrogen (secondary N) is 1. The smallest absolute Gasteiger partial charge is 0.236 e. The fraction of sp³-hybridized carbons (Fsp3) is 0.500. The van der Waals surface area contributed by atoms with Gasteiger partial charge in [-0.1, -0.05) is 30.3 Å². The molecule has 2 aliphatic heterocycles. The first-order valence-electron chi connectivity index (χ1n) is 7.22. The van der Waals surface area contributed by atoms with Crippen molar-refractivity contribution in [2.24, 2.45) is 11.3 Å². The van der Waals surface area contributed by atoms with Crippen molar-refractivity contribution in [1.82, 2.24) is 10.2 Å². The summed E-state index contributed by atoms with van der Waals surface area (Å²) in [5.74, 6) is -0.199. The zero-order valence-electron chi connectivity index (χ0n) is 11.8. The lowest BCUT2D eigenvalue weighted by Gasteiger charge is -2.35. The van der Waals surface area contributed by atoms with Crippen LogP contribution in [0.15, 0.2) is 30.3 Å². The standard InChI is InChI=1S/C16H20N2O2/c1-18-14(19)13(11-12-5-3-2-4-6-12)16(15(18)20)7-9-17-10-8-16/h2-6,13,17H,7-11H2,1H3. The molecule has 2 heterocycles. The summed E-state index contributed by atoms with van der Waals surface area (Å²) < 4.78 is 0. The molecule has 3 rings (SSSR count). The highest BCUT2D eigenvalue weighted by Crippen LogP contribution is 2.46. The maximum atomic E-state index is 12.6. The SMILES string of the molecule is CN1C(=O)C(Cc2ccccc2)C2(CCNCC2)C1=O. The van der Waals surface area contributed by atoms with Crippen LogP contribution in [0.2, 0.25) is 0 Å². The van der Waals surface area contributed by atoms with Gasteiger partial charge in [0.25, 0.3) is 0 Å². The molecule has 0 bridgehead atoms. The third kappa shape index (κ3) is 1.95. The van der Waals surface area contributed by atoms with Crippen LogP contribution in [-0.2, 0) is 16.0 Å². The van der Waals surface area contributed by atoms with Crippen LogP contribution in [0.3, 0.4) is 0 Å². The van der Waals surface area contributed by atoms with E-state index in [2.05, 4.69) is 5.32 Å². The van der Waals surface area contributed by atoms with Crippen LogP contribution in [0.4, 0.5) is 0 Å². The summed E-state index contributed by atoms with van der Waals surface area (Å²) in [4.78, 5) is 26.4. The van der Waals surface area contributed by atoms with Crippen molar-refractivity contribution in [2.45, 2.75) is 19.3 Å². The number of rotatable bonds is 2. The molecule has 1 spiro atoms. The molecule has 2 amide bonds. The summed E-state index contributed by atoms with van der Waals surface area (Å²) in [5, 5.41) is 3.29. The van der Waals surface area contributed by atoms with Gasteiger partial charge in [-0.2, -0.15) is 0 Å². The maximum Gasteiger partial charge on any atom is 0.236 e. The normalized spacial score (nSPS) is 25.4. The van der Waals surface area contributed by atoms with Crippen molar-refractivity contribution in [3.05, 3.63) is 35.9 Å². The topological polar surface area (TPSA) is 49.4 Å². The molecule has 1 aromatic carbocycles. The van der Waals surface area contributed by atoms with E-state index in [-0.39, 0.29) is 17.7 Å². The van der Waals surface area contributed by atoms with Crippen LogP contribution in [0.5, 0.6) is 0 Å². The van der Waals surface area contributed by atoms with Crippen LogP contribution in [0.25, 0.3) is 0 Å². The highest BCUT2D eigenvalue weighted by Gasteiger charge is 2.57. The number of benzene rings is 1. The lowest BCUT2D eigenvalue weighted by atomic mass is 9.68. The zero-order chi connectivity index (χ0) is 14.2. The summed E-state index contributed by atoms with van der Waals surface area (Å²) in [6, 6.07) is 10.00. The van der Waals surface area contributed by atoms with Gasteiger partial charge >= 0.3 is 0 Å². The molecule has 1 unspecified atom stereocenters. The van der Waals surface area contributed by atoms with Crippen LogP contribution < -0.4 is 5.32 Å². The maximum absolute atomic E-state index is 12.6. The van der Waals surface area contributed by atoms with E-state index in [1.54, 1.807) is 7.05 Å². The van der Waals surface area contributed by atoms with Gasteiger partial charge in [0.1, 0.15) is 0 Å². The second-order valence-corrected chi connectivity index (χ2v) is 5.85. The van der Waals surface area contributed by atoms with Gasteiger partial charge in [0.15, 0.2) is 0 Å². The molecule has 0 aromatic heterocycles. The summed E-state index contributed by atoms with van der Waals surface area (Å²) >= 11 is 0. The Kier molecular flexibility index (Phi) is 3.34. The zero-order valence-corrected chi connectivity index (χ0v) is 11.8. The molecule has 1 N–H and O–H groups in total. The molecule has 106 valence electrons. The first-order valence-corrected chi connectivity index (χ1v) is 7.22. The Hall–Kier alpha value is -1.68. The minimum Gasteiger partial charge on any atom is -0.317 e. The van der Waals surface area contributed by atoms with Gasteiger partial charge in [0, 0.05) is 7.05 Å². The van der Waals surface area contributed by atoms with E-state index in [1.807, 2.05) is 30.3 Å². The number of amides is 2. The van der Waals surface area contributed by atoms with Crippen molar-refractivity contribution in [3.8, 4) is 0 Å². The molecule has 2 saturated heterocycles. The number of nitrogens with zero attached hydrogens (tertiary/aromatic N) is 1. The number of piperidine rings is 1. The van der Waals surface area contributed by atoms with Crippen molar-refractivity contribution in [1.29, 1.82) is 0 Å². The van der Waals surface area contributed by atoms with Gasteiger partial charge < -0.3 is 5.32 Å². The van der Waals surface area contributed by atoms with Gasteiger partial charge in [-0.05, 0) is 37.9 Å². The van der Waals surface area contributed by atoms with Crippen molar-refractivity contribution < 1.29 is 9.59 Å². The Balaban J connectivity index is 1.93. The third-order valence-electron chi connectivity index (χ3n) is 4.80. The molecule has 0 aliphatic carbocycles. The quantitative estimate of drug-likeness (QED) is 0.823. The number of likely N-dealkylation sites (tertiary alicyclic amines) is 1. The molecule has 0 radical (unpaired) electrons. The number of carbonyl (C=O) groups excluding carboxylic acids is 2. The predicted octanol–water partition coefficient (Wildman–Crippen LogP) is 1.21. The second-order valence-electron chi connectivity index (χ2n) is 5.85. The molecule has 1 aromatic rings. The van der Waals surface area contributed by atoms with E-state index < -0.39 is 5.41 Å². The lowest BCUT2D eigenvalue weighted by Crippen LogP contribution is -2.45. The fourth-order valence-corrected chi connectivity index (χ4v) is 3.62. The largest absolute Gasteiger partial charge is 0.317 e. The van der Waals surface area contributed by atoms with Gasteiger partial charge in [-0.3, -0.25) is 14.5 Å². The number of carbonyl (C=O) groups is 2. The van der Waals surface area contributed by atoms with E-state index in [9.17, 15) is 9.59 Å². The van der Waals surface area contributed by atoms with Gasteiger partial charge in [-0.25, -0.2) is 0 Å². The average Bonchev–Trinajstić information content (AvgIpc) is 2.66. The average molecular weight is 272 g/mol. The Labute approximate surface area is 119 Å². The van der Waals surface area contributed by atoms with Crippen LogP contribution in [0, 0.1) is 11.3 Å². The highest BCUT2D eigenvalue weighted by atomic mass is 16.2. The Morgan fingerprint density at radius 3 is 2.50 bits per heavy atom. The molecule has 0 saturated carbocycles.